The van der Waals surface area contributed by atoms with Crippen molar-refractivity contribution in [1.82, 2.24) is 9.38 Å². The number of methoxy groups -OCH3 is 2. The Labute approximate surface area is 200 Å². The molecule has 0 spiro atoms. The zero-order valence-electron chi connectivity index (χ0n) is 19.4. The molecule has 0 N–H and O–H groups in total. The second-order valence-electron chi connectivity index (χ2n) is 8.33. The van der Waals surface area contributed by atoms with Crippen LogP contribution >= 0.6 is 0 Å². The molecule has 6 heteroatoms. The molecule has 0 aliphatic heterocycles. The number of benzene rings is 3. The van der Waals surface area contributed by atoms with Crippen molar-refractivity contribution in [1.29, 1.82) is 0 Å². The van der Waals surface area contributed by atoms with E-state index in [9.17, 15) is 4.79 Å². The third kappa shape index (κ3) is 3.10. The van der Waals surface area contributed by atoms with E-state index in [1.54, 1.807) is 23.8 Å². The van der Waals surface area contributed by atoms with Crippen molar-refractivity contribution in [3.05, 3.63) is 94.9 Å². The molecule has 0 saturated carbocycles. The van der Waals surface area contributed by atoms with E-state index in [2.05, 4.69) is 11.6 Å². The van der Waals surface area contributed by atoms with Gasteiger partial charge in [-0.25, -0.2) is 0 Å². The van der Waals surface area contributed by atoms with Crippen molar-refractivity contribution in [2.24, 2.45) is 0 Å². The smallest absolute Gasteiger partial charge is 0.267 e. The summed E-state index contributed by atoms with van der Waals surface area (Å²) in [6.07, 6.45) is 3.59. The number of ether oxygens (including phenoxy) is 3. The van der Waals surface area contributed by atoms with Gasteiger partial charge in [-0.2, -0.15) is 0 Å². The molecular weight excluding hydrogens is 440 g/mol. The summed E-state index contributed by atoms with van der Waals surface area (Å²) in [5.41, 5.74) is 4.26. The van der Waals surface area contributed by atoms with Gasteiger partial charge in [-0.1, -0.05) is 36.9 Å². The van der Waals surface area contributed by atoms with Crippen molar-refractivity contribution in [2.75, 3.05) is 14.2 Å². The van der Waals surface area contributed by atoms with E-state index < -0.39 is 0 Å². The molecule has 35 heavy (non-hydrogen) atoms. The van der Waals surface area contributed by atoms with Gasteiger partial charge >= 0.3 is 0 Å². The molecule has 3 heterocycles. The van der Waals surface area contributed by atoms with Crippen LogP contribution in [0.15, 0.2) is 78.2 Å². The van der Waals surface area contributed by atoms with E-state index >= 15 is 0 Å². The topological polar surface area (TPSA) is 62.1 Å². The first-order valence-corrected chi connectivity index (χ1v) is 11.2. The van der Waals surface area contributed by atoms with Gasteiger partial charge in [-0.3, -0.25) is 14.2 Å². The molecule has 3 aromatic heterocycles. The lowest BCUT2D eigenvalue weighted by atomic mass is 10.1. The highest BCUT2D eigenvalue weighted by atomic mass is 16.5. The maximum absolute atomic E-state index is 13.8. The fraction of sp³-hybridized carbons (Fsp3) is 0.103. The number of rotatable bonds is 6. The Hall–Kier alpha value is -4.58. The van der Waals surface area contributed by atoms with Gasteiger partial charge in [0.2, 0.25) is 0 Å². The fourth-order valence-electron chi connectivity index (χ4n) is 4.81. The number of pyridine rings is 2. The normalized spacial score (nSPS) is 11.5. The fourth-order valence-corrected chi connectivity index (χ4v) is 4.81. The molecule has 0 fully saturated rings. The largest absolute Gasteiger partial charge is 0.493 e. The summed E-state index contributed by atoms with van der Waals surface area (Å²) in [6, 6.07) is 19.5. The summed E-state index contributed by atoms with van der Waals surface area (Å²) >= 11 is 0. The molecular formula is C29H22N2O4. The van der Waals surface area contributed by atoms with Gasteiger partial charge in [0, 0.05) is 22.4 Å². The summed E-state index contributed by atoms with van der Waals surface area (Å²) < 4.78 is 18.9. The van der Waals surface area contributed by atoms with Gasteiger partial charge in [0.25, 0.3) is 5.56 Å². The Kier molecular flexibility index (Phi) is 4.81. The minimum absolute atomic E-state index is 0.174. The predicted octanol–water partition coefficient (Wildman–Crippen LogP) is 5.83. The summed E-state index contributed by atoms with van der Waals surface area (Å²) in [4.78, 5) is 18.5. The van der Waals surface area contributed by atoms with Crippen LogP contribution in [0.3, 0.4) is 0 Å². The third-order valence-corrected chi connectivity index (χ3v) is 6.49. The number of hydrogen-bond acceptors (Lipinski definition) is 5. The van der Waals surface area contributed by atoms with E-state index in [1.807, 2.05) is 60.7 Å². The number of fused-ring (bicyclic) bond motifs is 5. The van der Waals surface area contributed by atoms with Crippen molar-refractivity contribution < 1.29 is 14.2 Å². The molecule has 0 atom stereocenters. The van der Waals surface area contributed by atoms with E-state index in [1.165, 1.54) is 7.11 Å². The van der Waals surface area contributed by atoms with E-state index in [0.29, 0.717) is 23.5 Å². The molecule has 6 nitrogen and oxygen atoms in total. The minimum atomic E-state index is -0.174. The average Bonchev–Trinajstić information content (AvgIpc) is 3.24. The monoisotopic (exact) mass is 462 g/mol. The number of hydrogen-bond donors (Lipinski definition) is 0. The molecule has 0 unspecified atom stereocenters. The second kappa shape index (κ2) is 8.02. The predicted molar refractivity (Wildman–Crippen MR) is 139 cm³/mol. The maximum Gasteiger partial charge on any atom is 0.267 e. The van der Waals surface area contributed by atoms with Gasteiger partial charge in [-0.15, -0.1) is 0 Å². The molecule has 0 saturated heterocycles. The Morgan fingerprint density at radius 3 is 2.51 bits per heavy atom. The van der Waals surface area contributed by atoms with E-state index in [0.717, 1.165) is 49.6 Å². The summed E-state index contributed by atoms with van der Waals surface area (Å²) in [6.45, 7) is 4.23. The summed E-state index contributed by atoms with van der Waals surface area (Å²) in [7, 11) is 3.10. The first-order valence-electron chi connectivity index (χ1n) is 11.2. The molecule has 6 aromatic rings. The molecule has 0 aliphatic carbocycles. The van der Waals surface area contributed by atoms with Crippen LogP contribution in [0, 0.1) is 0 Å². The van der Waals surface area contributed by atoms with Crippen LogP contribution in [0.4, 0.5) is 0 Å². The van der Waals surface area contributed by atoms with E-state index in [4.69, 9.17) is 14.2 Å². The summed E-state index contributed by atoms with van der Waals surface area (Å²) in [5.74, 6) is 1.64. The minimum Gasteiger partial charge on any atom is -0.493 e. The zero-order valence-corrected chi connectivity index (χ0v) is 19.4. The molecule has 172 valence electrons. The van der Waals surface area contributed by atoms with E-state index in [-0.39, 0.29) is 5.56 Å². The molecule has 0 radical (unpaired) electrons. The van der Waals surface area contributed by atoms with Crippen LogP contribution in [-0.4, -0.2) is 23.6 Å². The molecule has 0 bridgehead atoms. The van der Waals surface area contributed by atoms with Crippen LogP contribution in [0.25, 0.3) is 44.2 Å². The van der Waals surface area contributed by atoms with Gasteiger partial charge in [0.1, 0.15) is 12.4 Å². The summed E-state index contributed by atoms with van der Waals surface area (Å²) in [5, 5.41) is 3.04. The number of nitrogens with zero attached hydrogens (tertiary/aromatic N) is 2. The third-order valence-electron chi connectivity index (χ3n) is 6.49. The Balaban J connectivity index is 1.55. The van der Waals surface area contributed by atoms with Crippen LogP contribution in [0.1, 0.15) is 11.1 Å². The average molecular weight is 463 g/mol. The maximum atomic E-state index is 13.8. The highest BCUT2D eigenvalue weighted by molar-refractivity contribution is 6.19. The number of aromatic nitrogens is 2. The van der Waals surface area contributed by atoms with Gasteiger partial charge in [0.15, 0.2) is 11.5 Å². The second-order valence-corrected chi connectivity index (χ2v) is 8.33. The Morgan fingerprint density at radius 1 is 0.943 bits per heavy atom. The molecule has 0 aliphatic rings. The molecule has 6 rings (SSSR count). The van der Waals surface area contributed by atoms with Crippen molar-refractivity contribution >= 4 is 44.2 Å². The molecule has 3 aromatic carbocycles. The first-order chi connectivity index (χ1) is 17.1. The SMILES string of the molecule is C=Cc1ccc(COc2ccc3c(c2)c2ccnc4c5ccc(OC)c(OC)c5c(=O)n3c24)cc1. The van der Waals surface area contributed by atoms with Crippen LogP contribution in [0.5, 0.6) is 17.2 Å². The van der Waals surface area contributed by atoms with Crippen LogP contribution in [-0.2, 0) is 6.61 Å². The lowest BCUT2D eigenvalue weighted by molar-refractivity contribution is 0.306. The van der Waals surface area contributed by atoms with Crippen molar-refractivity contribution in [3.63, 3.8) is 0 Å². The highest BCUT2D eigenvalue weighted by Crippen LogP contribution is 2.39. The lowest BCUT2D eigenvalue weighted by Crippen LogP contribution is -2.14. The Morgan fingerprint density at radius 2 is 1.77 bits per heavy atom. The molecule has 0 amide bonds. The Bertz CT molecular complexity index is 1800. The van der Waals surface area contributed by atoms with Gasteiger partial charge in [-0.05, 0) is 47.5 Å². The van der Waals surface area contributed by atoms with Crippen molar-refractivity contribution in [3.8, 4) is 17.2 Å². The quantitative estimate of drug-likeness (QED) is 0.292. The first kappa shape index (κ1) is 21.0. The van der Waals surface area contributed by atoms with Crippen molar-refractivity contribution in [2.45, 2.75) is 6.61 Å². The highest BCUT2D eigenvalue weighted by Gasteiger charge is 2.22. The van der Waals surface area contributed by atoms with Crippen LogP contribution < -0.4 is 19.8 Å². The van der Waals surface area contributed by atoms with Gasteiger partial charge < -0.3 is 14.2 Å². The van der Waals surface area contributed by atoms with Crippen LogP contribution in [0.2, 0.25) is 0 Å². The van der Waals surface area contributed by atoms with Gasteiger partial charge in [0.05, 0.1) is 36.2 Å². The zero-order chi connectivity index (χ0) is 24.1. The lowest BCUT2D eigenvalue weighted by Gasteiger charge is -2.12. The standard InChI is InChI=1S/C29H22N2O4/c1-4-17-5-7-18(8-6-17)16-35-19-9-11-23-22(15-19)20-13-14-30-26-21-10-12-24(33-2)28(34-3)25(21)29(32)31(23)27(20)26/h4-15H,1,16H2,2-3H3.